The third-order valence-corrected chi connectivity index (χ3v) is 3.35. The number of aromatic nitrogens is 2. The van der Waals surface area contributed by atoms with E-state index in [4.69, 9.17) is 11.6 Å². The fourth-order valence-electron chi connectivity index (χ4n) is 1.97. The van der Waals surface area contributed by atoms with Crippen LogP contribution in [0, 0.1) is 17.0 Å². The van der Waals surface area contributed by atoms with Crippen LogP contribution in [0.1, 0.15) is 17.7 Å². The Kier molecular flexibility index (Phi) is 4.57. The number of H-pyrrole nitrogens is 1. The molecule has 2 N–H and O–H groups in total. The Hall–Kier alpha value is -2.08. The highest BCUT2D eigenvalue weighted by Gasteiger charge is 2.17. The number of hydrogen-bond donors (Lipinski definition) is 2. The molecular formula is C13H15ClN4O2. The fourth-order valence-corrected chi connectivity index (χ4v) is 2.22. The van der Waals surface area contributed by atoms with Gasteiger partial charge in [-0.25, -0.2) is 0 Å². The topological polar surface area (TPSA) is 83.8 Å². The van der Waals surface area contributed by atoms with Gasteiger partial charge in [-0.2, -0.15) is 5.10 Å². The summed E-state index contributed by atoms with van der Waals surface area (Å²) in [6.07, 6.45) is 3.52. The molecule has 0 radical (unpaired) electrons. The van der Waals surface area contributed by atoms with Crippen molar-refractivity contribution in [2.75, 3.05) is 11.9 Å². The number of aryl methyl sites for hydroxylation is 2. The summed E-state index contributed by atoms with van der Waals surface area (Å²) in [6.45, 7) is 2.60. The van der Waals surface area contributed by atoms with Gasteiger partial charge in [0, 0.05) is 12.2 Å². The van der Waals surface area contributed by atoms with Gasteiger partial charge in [0.25, 0.3) is 0 Å². The SMILES string of the molecule is Cc1[nH]ncc1CCCNc1cccc(Cl)c1[N+](=O)[O-]. The average molecular weight is 295 g/mol. The van der Waals surface area contributed by atoms with Crippen LogP contribution in [0.25, 0.3) is 0 Å². The van der Waals surface area contributed by atoms with Crippen LogP contribution in [0.15, 0.2) is 24.4 Å². The summed E-state index contributed by atoms with van der Waals surface area (Å²) in [5, 5.41) is 21.0. The predicted octanol–water partition coefficient (Wildman–Crippen LogP) is 3.32. The zero-order valence-corrected chi connectivity index (χ0v) is 11.8. The number of halogens is 1. The van der Waals surface area contributed by atoms with Crippen LogP contribution in [0.3, 0.4) is 0 Å². The lowest BCUT2D eigenvalue weighted by Gasteiger charge is -2.07. The van der Waals surface area contributed by atoms with E-state index in [2.05, 4.69) is 15.5 Å². The van der Waals surface area contributed by atoms with E-state index in [0.29, 0.717) is 12.2 Å². The number of para-hydroxylation sites is 1. The first kappa shape index (κ1) is 14.3. The molecule has 2 aromatic rings. The van der Waals surface area contributed by atoms with Crippen molar-refractivity contribution in [3.05, 3.63) is 50.8 Å². The molecule has 0 saturated carbocycles. The molecule has 0 spiro atoms. The average Bonchev–Trinajstić information content (AvgIpc) is 2.80. The number of anilines is 1. The summed E-state index contributed by atoms with van der Waals surface area (Å²) < 4.78 is 0. The highest BCUT2D eigenvalue weighted by atomic mass is 35.5. The molecule has 0 aliphatic carbocycles. The minimum Gasteiger partial charge on any atom is -0.379 e. The van der Waals surface area contributed by atoms with E-state index in [9.17, 15) is 10.1 Å². The van der Waals surface area contributed by atoms with Crippen molar-refractivity contribution in [3.63, 3.8) is 0 Å². The van der Waals surface area contributed by atoms with Gasteiger partial charge in [-0.05, 0) is 37.5 Å². The van der Waals surface area contributed by atoms with Gasteiger partial charge >= 0.3 is 5.69 Å². The number of aromatic amines is 1. The summed E-state index contributed by atoms with van der Waals surface area (Å²) >= 11 is 5.85. The van der Waals surface area contributed by atoms with Gasteiger partial charge in [0.1, 0.15) is 10.7 Å². The van der Waals surface area contributed by atoms with Gasteiger partial charge in [0.05, 0.1) is 11.1 Å². The van der Waals surface area contributed by atoms with Crippen LogP contribution in [-0.4, -0.2) is 21.7 Å². The predicted molar refractivity (Wildman–Crippen MR) is 78.2 cm³/mol. The molecule has 7 heteroatoms. The lowest BCUT2D eigenvalue weighted by atomic mass is 10.1. The zero-order chi connectivity index (χ0) is 14.5. The molecule has 0 aliphatic heterocycles. The first-order valence-electron chi connectivity index (χ1n) is 6.25. The summed E-state index contributed by atoms with van der Waals surface area (Å²) in [5.41, 5.74) is 2.59. The lowest BCUT2D eigenvalue weighted by Crippen LogP contribution is -2.05. The summed E-state index contributed by atoms with van der Waals surface area (Å²) in [7, 11) is 0. The van der Waals surface area contributed by atoms with E-state index >= 15 is 0 Å². The van der Waals surface area contributed by atoms with E-state index in [1.165, 1.54) is 6.07 Å². The van der Waals surface area contributed by atoms with E-state index < -0.39 is 4.92 Å². The smallest absolute Gasteiger partial charge is 0.310 e. The Morgan fingerprint density at radius 3 is 2.95 bits per heavy atom. The fraction of sp³-hybridized carbons (Fsp3) is 0.308. The zero-order valence-electron chi connectivity index (χ0n) is 11.0. The van der Waals surface area contributed by atoms with Crippen molar-refractivity contribution in [2.24, 2.45) is 0 Å². The number of nitro groups is 1. The molecule has 6 nitrogen and oxygen atoms in total. The molecule has 0 atom stereocenters. The number of nitrogens with zero attached hydrogens (tertiary/aromatic N) is 2. The van der Waals surface area contributed by atoms with Crippen LogP contribution >= 0.6 is 11.6 Å². The summed E-state index contributed by atoms with van der Waals surface area (Å²) in [5.74, 6) is 0. The van der Waals surface area contributed by atoms with Gasteiger partial charge in [-0.3, -0.25) is 15.2 Å². The molecule has 1 heterocycles. The van der Waals surface area contributed by atoms with E-state index in [0.717, 1.165) is 24.1 Å². The van der Waals surface area contributed by atoms with Crippen LogP contribution in [0.5, 0.6) is 0 Å². The number of nitro benzene ring substituents is 1. The van der Waals surface area contributed by atoms with E-state index in [-0.39, 0.29) is 10.7 Å². The summed E-state index contributed by atoms with van der Waals surface area (Å²) in [4.78, 5) is 10.5. The highest BCUT2D eigenvalue weighted by Crippen LogP contribution is 2.32. The lowest BCUT2D eigenvalue weighted by molar-refractivity contribution is -0.383. The standard InChI is InChI=1S/C13H15ClN4O2/c1-9-10(8-16-17-9)4-3-7-15-12-6-2-5-11(14)13(12)18(19)20/h2,5-6,8,15H,3-4,7H2,1H3,(H,16,17). The maximum absolute atomic E-state index is 11.0. The Bertz CT molecular complexity index is 612. The molecular weight excluding hydrogens is 280 g/mol. The number of rotatable bonds is 6. The highest BCUT2D eigenvalue weighted by molar-refractivity contribution is 6.33. The van der Waals surface area contributed by atoms with E-state index in [1.54, 1.807) is 18.3 Å². The quantitative estimate of drug-likeness (QED) is 0.486. The van der Waals surface area contributed by atoms with E-state index in [1.807, 2.05) is 6.92 Å². The minimum atomic E-state index is -0.467. The normalized spacial score (nSPS) is 10.5. The number of hydrogen-bond acceptors (Lipinski definition) is 4. The number of benzene rings is 1. The Morgan fingerprint density at radius 2 is 2.30 bits per heavy atom. The molecule has 0 unspecified atom stereocenters. The van der Waals surface area contributed by atoms with Crippen molar-refractivity contribution in [1.29, 1.82) is 0 Å². The Balaban J connectivity index is 1.93. The molecule has 0 aliphatic rings. The molecule has 0 bridgehead atoms. The Morgan fingerprint density at radius 1 is 1.50 bits per heavy atom. The first-order chi connectivity index (χ1) is 9.59. The van der Waals surface area contributed by atoms with Crippen LogP contribution in [0.2, 0.25) is 5.02 Å². The Labute approximate surface area is 121 Å². The van der Waals surface area contributed by atoms with Gasteiger partial charge in [-0.15, -0.1) is 0 Å². The van der Waals surface area contributed by atoms with Crippen LogP contribution < -0.4 is 5.32 Å². The molecule has 0 saturated heterocycles. The van der Waals surface area contributed by atoms with Crippen molar-refractivity contribution < 1.29 is 4.92 Å². The molecule has 2 rings (SSSR count). The maximum atomic E-state index is 11.0. The second-order valence-corrected chi connectivity index (χ2v) is 4.85. The molecule has 106 valence electrons. The van der Waals surface area contributed by atoms with Crippen molar-refractivity contribution >= 4 is 23.0 Å². The molecule has 0 fully saturated rings. The molecule has 0 amide bonds. The molecule has 1 aromatic heterocycles. The number of nitrogens with one attached hydrogen (secondary N) is 2. The second kappa shape index (κ2) is 6.38. The van der Waals surface area contributed by atoms with Gasteiger partial charge < -0.3 is 5.32 Å². The third kappa shape index (κ3) is 3.27. The van der Waals surface area contributed by atoms with Gasteiger partial charge in [0.15, 0.2) is 0 Å². The van der Waals surface area contributed by atoms with Gasteiger partial charge in [-0.1, -0.05) is 17.7 Å². The molecule has 20 heavy (non-hydrogen) atoms. The van der Waals surface area contributed by atoms with Crippen LogP contribution in [-0.2, 0) is 6.42 Å². The molecule has 1 aromatic carbocycles. The largest absolute Gasteiger partial charge is 0.379 e. The first-order valence-corrected chi connectivity index (χ1v) is 6.63. The maximum Gasteiger partial charge on any atom is 0.310 e. The van der Waals surface area contributed by atoms with Crippen LogP contribution in [0.4, 0.5) is 11.4 Å². The van der Waals surface area contributed by atoms with Crippen molar-refractivity contribution in [1.82, 2.24) is 10.2 Å². The third-order valence-electron chi connectivity index (χ3n) is 3.04. The van der Waals surface area contributed by atoms with Gasteiger partial charge in [0.2, 0.25) is 0 Å². The minimum absolute atomic E-state index is 0.0753. The monoisotopic (exact) mass is 294 g/mol. The summed E-state index contributed by atoms with van der Waals surface area (Å²) in [6, 6.07) is 4.87. The van der Waals surface area contributed by atoms with Crippen molar-refractivity contribution in [2.45, 2.75) is 19.8 Å². The van der Waals surface area contributed by atoms with Crippen molar-refractivity contribution in [3.8, 4) is 0 Å². The second-order valence-electron chi connectivity index (χ2n) is 4.44.